The van der Waals surface area contributed by atoms with E-state index >= 15 is 0 Å². The standard InChI is InChI=1S/C17H17NO3S/c1-13(2)10-14-6-8-17(9-7-14)22(19,20)21-16-5-3-4-15(11-16)12-18/h3-9,11,13H,10H2,1-2H3. The zero-order valence-corrected chi connectivity index (χ0v) is 13.3. The van der Waals surface area contributed by atoms with E-state index in [0.717, 1.165) is 12.0 Å². The number of nitriles is 1. The Hall–Kier alpha value is -2.32. The summed E-state index contributed by atoms with van der Waals surface area (Å²) in [6.45, 7) is 4.21. The van der Waals surface area contributed by atoms with Crippen LogP contribution in [-0.2, 0) is 16.5 Å². The van der Waals surface area contributed by atoms with Crippen molar-refractivity contribution in [3.05, 3.63) is 59.7 Å². The van der Waals surface area contributed by atoms with Crippen LogP contribution < -0.4 is 4.18 Å². The van der Waals surface area contributed by atoms with E-state index in [1.165, 1.54) is 12.1 Å². The predicted octanol–water partition coefficient (Wildman–Crippen LogP) is 3.52. The quantitative estimate of drug-likeness (QED) is 0.792. The van der Waals surface area contributed by atoms with Crippen molar-refractivity contribution in [1.29, 1.82) is 5.26 Å². The lowest BCUT2D eigenvalue weighted by atomic mass is 10.0. The molecule has 0 N–H and O–H groups in total. The van der Waals surface area contributed by atoms with Crippen LogP contribution in [0.25, 0.3) is 0 Å². The molecule has 0 aliphatic carbocycles. The van der Waals surface area contributed by atoms with Crippen LogP contribution in [0.3, 0.4) is 0 Å². The Labute approximate surface area is 131 Å². The van der Waals surface area contributed by atoms with Crippen LogP contribution in [0.1, 0.15) is 25.0 Å². The van der Waals surface area contributed by atoms with Gasteiger partial charge in [-0.15, -0.1) is 0 Å². The van der Waals surface area contributed by atoms with Crippen LogP contribution in [0.4, 0.5) is 0 Å². The summed E-state index contributed by atoms with van der Waals surface area (Å²) in [6, 6.07) is 14.7. The molecule has 114 valence electrons. The van der Waals surface area contributed by atoms with E-state index in [4.69, 9.17) is 9.44 Å². The molecule has 0 aliphatic heterocycles. The molecule has 0 radical (unpaired) electrons. The highest BCUT2D eigenvalue weighted by Gasteiger charge is 2.16. The normalized spacial score (nSPS) is 11.2. The summed E-state index contributed by atoms with van der Waals surface area (Å²) in [5.74, 6) is 0.637. The lowest BCUT2D eigenvalue weighted by Crippen LogP contribution is -2.10. The smallest absolute Gasteiger partial charge is 0.339 e. The van der Waals surface area contributed by atoms with Gasteiger partial charge >= 0.3 is 10.1 Å². The summed E-state index contributed by atoms with van der Waals surface area (Å²) in [4.78, 5) is 0.0994. The fourth-order valence-corrected chi connectivity index (χ4v) is 2.98. The minimum Gasteiger partial charge on any atom is -0.379 e. The van der Waals surface area contributed by atoms with E-state index < -0.39 is 10.1 Å². The molecule has 0 bridgehead atoms. The van der Waals surface area contributed by atoms with E-state index in [9.17, 15) is 8.42 Å². The molecule has 0 amide bonds. The Balaban J connectivity index is 2.21. The van der Waals surface area contributed by atoms with Gasteiger partial charge in [-0.1, -0.05) is 32.0 Å². The molecule has 0 aliphatic rings. The molecule has 0 saturated heterocycles. The molecule has 2 aromatic rings. The highest BCUT2D eigenvalue weighted by Crippen LogP contribution is 2.20. The maximum atomic E-state index is 12.2. The van der Waals surface area contributed by atoms with Gasteiger partial charge in [0.1, 0.15) is 10.6 Å². The van der Waals surface area contributed by atoms with Gasteiger partial charge in [-0.25, -0.2) is 0 Å². The summed E-state index contributed by atoms with van der Waals surface area (Å²) < 4.78 is 29.5. The number of nitrogens with zero attached hydrogens (tertiary/aromatic N) is 1. The Morgan fingerprint density at radius 1 is 1.14 bits per heavy atom. The van der Waals surface area contributed by atoms with Gasteiger partial charge < -0.3 is 4.18 Å². The van der Waals surface area contributed by atoms with E-state index in [2.05, 4.69) is 13.8 Å². The van der Waals surface area contributed by atoms with Gasteiger partial charge in [0.05, 0.1) is 11.6 Å². The van der Waals surface area contributed by atoms with Crippen molar-refractivity contribution in [1.82, 2.24) is 0 Å². The minimum atomic E-state index is -3.89. The molecular formula is C17H17NO3S. The second-order valence-electron chi connectivity index (χ2n) is 5.42. The second kappa shape index (κ2) is 6.63. The molecule has 2 aromatic carbocycles. The van der Waals surface area contributed by atoms with Crippen LogP contribution in [0.2, 0.25) is 0 Å². The first-order valence-electron chi connectivity index (χ1n) is 6.94. The highest BCUT2D eigenvalue weighted by atomic mass is 32.2. The number of rotatable bonds is 5. The number of hydrogen-bond donors (Lipinski definition) is 0. The minimum absolute atomic E-state index is 0.0994. The van der Waals surface area contributed by atoms with Crippen molar-refractivity contribution in [2.75, 3.05) is 0 Å². The van der Waals surface area contributed by atoms with Gasteiger partial charge in [-0.3, -0.25) is 0 Å². The van der Waals surface area contributed by atoms with Crippen molar-refractivity contribution in [2.45, 2.75) is 25.2 Å². The third-order valence-electron chi connectivity index (χ3n) is 3.03. The summed E-state index contributed by atoms with van der Waals surface area (Å²) in [5, 5.41) is 8.82. The lowest BCUT2D eigenvalue weighted by molar-refractivity contribution is 0.486. The first kappa shape index (κ1) is 16.1. The monoisotopic (exact) mass is 315 g/mol. The van der Waals surface area contributed by atoms with E-state index in [0.29, 0.717) is 11.5 Å². The molecular weight excluding hydrogens is 298 g/mol. The Kier molecular flexibility index (Phi) is 4.84. The largest absolute Gasteiger partial charge is 0.379 e. The van der Waals surface area contributed by atoms with Gasteiger partial charge in [0.2, 0.25) is 0 Å². The number of benzene rings is 2. The summed E-state index contributed by atoms with van der Waals surface area (Å²) in [7, 11) is -3.89. The van der Waals surface area contributed by atoms with Gasteiger partial charge in [0.25, 0.3) is 0 Å². The molecule has 0 heterocycles. The van der Waals surface area contributed by atoms with Crippen LogP contribution >= 0.6 is 0 Å². The van der Waals surface area contributed by atoms with Crippen LogP contribution in [0.15, 0.2) is 53.4 Å². The molecule has 0 saturated carbocycles. The zero-order chi connectivity index (χ0) is 16.2. The van der Waals surface area contributed by atoms with Crippen molar-refractivity contribution in [2.24, 2.45) is 5.92 Å². The Morgan fingerprint density at radius 2 is 1.82 bits per heavy atom. The summed E-state index contributed by atoms with van der Waals surface area (Å²) in [5.41, 5.74) is 1.43. The SMILES string of the molecule is CC(C)Cc1ccc(S(=O)(=O)Oc2cccc(C#N)c2)cc1. The highest BCUT2D eigenvalue weighted by molar-refractivity contribution is 7.87. The van der Waals surface area contributed by atoms with Crippen LogP contribution in [0.5, 0.6) is 5.75 Å². The van der Waals surface area contributed by atoms with E-state index in [1.807, 2.05) is 6.07 Å². The molecule has 0 fully saturated rings. The molecule has 0 atom stereocenters. The molecule has 0 spiro atoms. The molecule has 4 nitrogen and oxygen atoms in total. The summed E-state index contributed by atoms with van der Waals surface area (Å²) >= 11 is 0. The topological polar surface area (TPSA) is 67.2 Å². The zero-order valence-electron chi connectivity index (χ0n) is 12.5. The van der Waals surface area contributed by atoms with Crippen LogP contribution in [0, 0.1) is 17.2 Å². The van der Waals surface area contributed by atoms with Crippen molar-refractivity contribution < 1.29 is 12.6 Å². The van der Waals surface area contributed by atoms with Crippen molar-refractivity contribution in [3.8, 4) is 11.8 Å². The average molecular weight is 315 g/mol. The van der Waals surface area contributed by atoms with Crippen molar-refractivity contribution >= 4 is 10.1 Å². The first-order valence-corrected chi connectivity index (χ1v) is 8.35. The fraction of sp³-hybridized carbons (Fsp3) is 0.235. The second-order valence-corrected chi connectivity index (χ2v) is 6.97. The van der Waals surface area contributed by atoms with Crippen LogP contribution in [-0.4, -0.2) is 8.42 Å². The van der Waals surface area contributed by atoms with Crippen molar-refractivity contribution in [3.63, 3.8) is 0 Å². The Bertz CT molecular complexity index is 787. The fourth-order valence-electron chi connectivity index (χ4n) is 2.06. The first-order chi connectivity index (χ1) is 10.4. The lowest BCUT2D eigenvalue weighted by Gasteiger charge is -2.09. The number of hydrogen-bond acceptors (Lipinski definition) is 4. The summed E-state index contributed by atoms with van der Waals surface area (Å²) in [6.07, 6.45) is 0.894. The maximum Gasteiger partial charge on any atom is 0.339 e. The molecule has 0 aromatic heterocycles. The molecule has 5 heteroatoms. The third kappa shape index (κ3) is 4.09. The predicted molar refractivity (Wildman–Crippen MR) is 84.0 cm³/mol. The van der Waals surface area contributed by atoms with Gasteiger partial charge in [0, 0.05) is 0 Å². The molecule has 22 heavy (non-hydrogen) atoms. The van der Waals surface area contributed by atoms with Gasteiger partial charge in [0.15, 0.2) is 0 Å². The average Bonchev–Trinajstić information content (AvgIpc) is 2.47. The van der Waals surface area contributed by atoms with E-state index in [1.54, 1.807) is 36.4 Å². The van der Waals surface area contributed by atoms with Gasteiger partial charge in [-0.2, -0.15) is 13.7 Å². The molecule has 0 unspecified atom stereocenters. The third-order valence-corrected chi connectivity index (χ3v) is 4.29. The molecule has 2 rings (SSSR count). The van der Waals surface area contributed by atoms with E-state index in [-0.39, 0.29) is 10.6 Å². The maximum absolute atomic E-state index is 12.2. The Morgan fingerprint density at radius 3 is 2.41 bits per heavy atom. The van der Waals surface area contributed by atoms with Gasteiger partial charge in [-0.05, 0) is 48.2 Å².